The maximum absolute atomic E-state index is 12.9. The van der Waals surface area contributed by atoms with Crippen molar-refractivity contribution in [2.45, 2.75) is 18.4 Å². The highest BCUT2D eigenvalue weighted by atomic mass is 32.1. The zero-order valence-electron chi connectivity index (χ0n) is 9.65. The van der Waals surface area contributed by atoms with Crippen LogP contribution in [0.15, 0.2) is 41.8 Å². The molecule has 0 aliphatic heterocycles. The number of thiophene rings is 1. The van der Waals surface area contributed by atoms with Gasteiger partial charge in [0.25, 0.3) is 5.91 Å². The molecule has 0 saturated heterocycles. The third-order valence-corrected chi connectivity index (χ3v) is 4.11. The third-order valence-electron chi connectivity index (χ3n) is 3.24. The second-order valence-electron chi connectivity index (χ2n) is 4.52. The zero-order valence-corrected chi connectivity index (χ0v) is 10.5. The van der Waals surface area contributed by atoms with Gasteiger partial charge >= 0.3 is 0 Å². The zero-order chi connectivity index (χ0) is 12.6. The Balaban J connectivity index is 1.80. The summed E-state index contributed by atoms with van der Waals surface area (Å²) in [5, 5.41) is 4.94. The molecule has 92 valence electrons. The highest BCUT2D eigenvalue weighted by Crippen LogP contribution is 2.45. The molecule has 18 heavy (non-hydrogen) atoms. The minimum absolute atomic E-state index is 0.0492. The first kappa shape index (κ1) is 11.4. The van der Waals surface area contributed by atoms with Crippen LogP contribution in [0.4, 0.5) is 4.39 Å². The van der Waals surface area contributed by atoms with Gasteiger partial charge in [0.05, 0.1) is 10.4 Å². The van der Waals surface area contributed by atoms with Gasteiger partial charge in [0.1, 0.15) is 5.82 Å². The largest absolute Gasteiger partial charge is 0.342 e. The summed E-state index contributed by atoms with van der Waals surface area (Å²) in [6.07, 6.45) is 1.82. The minimum atomic E-state index is -0.283. The summed E-state index contributed by atoms with van der Waals surface area (Å²) in [4.78, 5) is 12.7. The number of benzene rings is 1. The fraction of sp³-hybridized carbons (Fsp3) is 0.214. The van der Waals surface area contributed by atoms with E-state index in [0.717, 1.165) is 18.4 Å². The van der Waals surface area contributed by atoms with Gasteiger partial charge in [-0.1, -0.05) is 18.2 Å². The number of amides is 1. The van der Waals surface area contributed by atoms with Crippen LogP contribution >= 0.6 is 11.3 Å². The molecule has 1 aliphatic carbocycles. The molecule has 1 saturated carbocycles. The molecule has 0 unspecified atom stereocenters. The average molecular weight is 261 g/mol. The molecule has 1 heterocycles. The molecule has 0 spiro atoms. The molecule has 1 aromatic carbocycles. The van der Waals surface area contributed by atoms with Gasteiger partial charge in [0.2, 0.25) is 0 Å². The third kappa shape index (κ3) is 2.04. The Morgan fingerprint density at radius 3 is 2.50 bits per heavy atom. The Hall–Kier alpha value is -1.68. The van der Waals surface area contributed by atoms with Crippen molar-refractivity contribution in [3.05, 3.63) is 58.0 Å². The van der Waals surface area contributed by atoms with E-state index < -0.39 is 0 Å². The SMILES string of the molecule is O=C(NC1(c2ccc(F)cc2)CC1)c1cccs1. The van der Waals surface area contributed by atoms with E-state index >= 15 is 0 Å². The normalized spacial score (nSPS) is 16.3. The topological polar surface area (TPSA) is 29.1 Å². The molecule has 2 nitrogen and oxygen atoms in total. The number of hydrogen-bond acceptors (Lipinski definition) is 2. The van der Waals surface area contributed by atoms with Crippen LogP contribution in [0.2, 0.25) is 0 Å². The van der Waals surface area contributed by atoms with Crippen molar-refractivity contribution in [1.82, 2.24) is 5.32 Å². The summed E-state index contributed by atoms with van der Waals surface area (Å²) in [5.74, 6) is -0.300. The van der Waals surface area contributed by atoms with E-state index in [0.29, 0.717) is 4.88 Å². The molecule has 1 amide bonds. The van der Waals surface area contributed by atoms with Gasteiger partial charge in [0.15, 0.2) is 0 Å². The van der Waals surface area contributed by atoms with Crippen LogP contribution in [0.3, 0.4) is 0 Å². The molecule has 0 atom stereocenters. The molecule has 2 aromatic rings. The number of hydrogen-bond donors (Lipinski definition) is 1. The van der Waals surface area contributed by atoms with Crippen molar-refractivity contribution >= 4 is 17.2 Å². The maximum Gasteiger partial charge on any atom is 0.262 e. The van der Waals surface area contributed by atoms with Crippen molar-refractivity contribution < 1.29 is 9.18 Å². The Morgan fingerprint density at radius 1 is 1.22 bits per heavy atom. The molecule has 0 radical (unpaired) electrons. The first-order valence-electron chi connectivity index (χ1n) is 5.82. The quantitative estimate of drug-likeness (QED) is 0.902. The van der Waals surface area contributed by atoms with Crippen LogP contribution in [0.25, 0.3) is 0 Å². The number of carbonyl (C=O) groups excluding carboxylic acids is 1. The number of carbonyl (C=O) groups is 1. The van der Waals surface area contributed by atoms with Crippen molar-refractivity contribution in [1.29, 1.82) is 0 Å². The molecule has 3 rings (SSSR count). The lowest BCUT2D eigenvalue weighted by Gasteiger charge is -2.17. The van der Waals surface area contributed by atoms with Gasteiger partial charge in [0, 0.05) is 0 Å². The van der Waals surface area contributed by atoms with Crippen molar-refractivity contribution in [2.24, 2.45) is 0 Å². The number of rotatable bonds is 3. The van der Waals surface area contributed by atoms with Crippen LogP contribution < -0.4 is 5.32 Å². The molecule has 4 heteroatoms. The Morgan fingerprint density at radius 2 is 1.94 bits per heavy atom. The Kier molecular flexibility index (Phi) is 2.67. The lowest BCUT2D eigenvalue weighted by atomic mass is 10.0. The lowest BCUT2D eigenvalue weighted by molar-refractivity contribution is 0.0935. The Bertz CT molecular complexity index is 558. The van der Waals surface area contributed by atoms with Crippen LogP contribution in [-0.4, -0.2) is 5.91 Å². The fourth-order valence-corrected chi connectivity index (χ4v) is 2.69. The van der Waals surface area contributed by atoms with Crippen molar-refractivity contribution in [3.8, 4) is 0 Å². The smallest absolute Gasteiger partial charge is 0.262 e. The van der Waals surface area contributed by atoms with Crippen molar-refractivity contribution in [3.63, 3.8) is 0 Å². The maximum atomic E-state index is 12.9. The first-order valence-corrected chi connectivity index (χ1v) is 6.70. The lowest BCUT2D eigenvalue weighted by Crippen LogP contribution is -2.34. The predicted octanol–water partition coefficient (Wildman–Crippen LogP) is 3.31. The fourth-order valence-electron chi connectivity index (χ4n) is 2.07. The summed E-state index contributed by atoms with van der Waals surface area (Å²) in [5.41, 5.74) is 0.697. The van der Waals surface area contributed by atoms with Gasteiger partial charge in [-0.05, 0) is 42.0 Å². The summed E-state index contributed by atoms with van der Waals surface area (Å²) in [7, 11) is 0. The van der Waals surface area contributed by atoms with E-state index in [9.17, 15) is 9.18 Å². The molecule has 1 fully saturated rings. The van der Waals surface area contributed by atoms with Gasteiger partial charge < -0.3 is 5.32 Å². The highest BCUT2D eigenvalue weighted by molar-refractivity contribution is 7.12. The van der Waals surface area contributed by atoms with E-state index in [1.165, 1.54) is 23.5 Å². The summed E-state index contributed by atoms with van der Waals surface area (Å²) >= 11 is 1.43. The minimum Gasteiger partial charge on any atom is -0.342 e. The van der Waals surface area contributed by atoms with E-state index in [1.807, 2.05) is 11.4 Å². The van der Waals surface area contributed by atoms with Gasteiger partial charge in [-0.3, -0.25) is 4.79 Å². The Labute approximate surface area is 108 Å². The second-order valence-corrected chi connectivity index (χ2v) is 5.47. The van der Waals surface area contributed by atoms with Crippen LogP contribution in [-0.2, 0) is 5.54 Å². The predicted molar refractivity (Wildman–Crippen MR) is 69.1 cm³/mol. The molecular weight excluding hydrogens is 249 g/mol. The van der Waals surface area contributed by atoms with E-state index in [2.05, 4.69) is 5.32 Å². The van der Waals surface area contributed by atoms with Crippen molar-refractivity contribution in [2.75, 3.05) is 0 Å². The molecule has 1 aromatic heterocycles. The van der Waals surface area contributed by atoms with Gasteiger partial charge in [-0.25, -0.2) is 4.39 Å². The van der Waals surface area contributed by atoms with Gasteiger partial charge in [-0.15, -0.1) is 11.3 Å². The average Bonchev–Trinajstić information content (AvgIpc) is 2.94. The number of nitrogens with one attached hydrogen (secondary N) is 1. The van der Waals surface area contributed by atoms with E-state index in [-0.39, 0.29) is 17.3 Å². The summed E-state index contributed by atoms with van der Waals surface area (Å²) in [6.45, 7) is 0. The second kappa shape index (κ2) is 4.21. The van der Waals surface area contributed by atoms with Gasteiger partial charge in [-0.2, -0.15) is 0 Å². The summed E-state index contributed by atoms with van der Waals surface area (Å²) in [6, 6.07) is 10.0. The van der Waals surface area contributed by atoms with Crippen LogP contribution in [0, 0.1) is 5.82 Å². The van der Waals surface area contributed by atoms with E-state index in [4.69, 9.17) is 0 Å². The van der Waals surface area contributed by atoms with Crippen LogP contribution in [0.1, 0.15) is 28.1 Å². The summed E-state index contributed by atoms with van der Waals surface area (Å²) < 4.78 is 12.9. The number of halogens is 1. The molecule has 1 N–H and O–H groups in total. The molecular formula is C14H12FNOS. The van der Waals surface area contributed by atoms with E-state index in [1.54, 1.807) is 18.2 Å². The standard InChI is InChI=1S/C14H12FNOS/c15-11-5-3-10(4-6-11)14(7-8-14)16-13(17)12-2-1-9-18-12/h1-6,9H,7-8H2,(H,16,17). The monoisotopic (exact) mass is 261 g/mol. The molecule has 1 aliphatic rings. The molecule has 0 bridgehead atoms. The van der Waals surface area contributed by atoms with Crippen LogP contribution in [0.5, 0.6) is 0 Å². The first-order chi connectivity index (χ1) is 8.70. The highest BCUT2D eigenvalue weighted by Gasteiger charge is 2.45.